The van der Waals surface area contributed by atoms with Crippen LogP contribution in [0.25, 0.3) is 0 Å². The van der Waals surface area contributed by atoms with Crippen molar-refractivity contribution in [2.75, 3.05) is 0 Å². The van der Waals surface area contributed by atoms with E-state index in [1.54, 1.807) is 0 Å². The molecule has 1 aliphatic rings. The van der Waals surface area contributed by atoms with Gasteiger partial charge in [0.1, 0.15) is 0 Å². The number of halogens is 3. The lowest BCUT2D eigenvalue weighted by Crippen LogP contribution is -2.45. The number of alkyl halides is 2. The quantitative estimate of drug-likeness (QED) is 0.461. The zero-order chi connectivity index (χ0) is 10.9. The van der Waals surface area contributed by atoms with Crippen LogP contribution in [0.1, 0.15) is 27.2 Å². The largest absolute Gasteiger partial charge is 0.370 e. The van der Waals surface area contributed by atoms with Crippen LogP contribution in [0.5, 0.6) is 0 Å². The van der Waals surface area contributed by atoms with Crippen molar-refractivity contribution in [1.82, 2.24) is 5.32 Å². The molecule has 0 amide bonds. The maximum atomic E-state index is 12.1. The summed E-state index contributed by atoms with van der Waals surface area (Å²) in [5.41, 5.74) is 5.38. The minimum atomic E-state index is -2.27. The van der Waals surface area contributed by atoms with E-state index in [2.05, 4.69) is 10.3 Å². The van der Waals surface area contributed by atoms with Gasteiger partial charge < -0.3 is 11.1 Å². The van der Waals surface area contributed by atoms with Gasteiger partial charge in [0.25, 0.3) is 0 Å². The van der Waals surface area contributed by atoms with Crippen LogP contribution in [-0.4, -0.2) is 24.0 Å². The standard InChI is InChI=1S/C9H17F2N3.HI/c1-9(2,3)14-8(12)13-6-4-5(6)7(10)11;/h5-7H,4H2,1-3H3,(H3,12,13,14);1H/t5-,6-;/m0./s1. The van der Waals surface area contributed by atoms with E-state index in [9.17, 15) is 8.78 Å². The molecule has 3 N–H and O–H groups in total. The summed E-state index contributed by atoms with van der Waals surface area (Å²) in [6.07, 6.45) is -1.82. The molecule has 2 atom stereocenters. The van der Waals surface area contributed by atoms with Crippen LogP contribution < -0.4 is 11.1 Å². The number of nitrogens with zero attached hydrogens (tertiary/aromatic N) is 1. The summed E-state index contributed by atoms with van der Waals surface area (Å²) in [6.45, 7) is 5.81. The van der Waals surface area contributed by atoms with E-state index in [-0.39, 0.29) is 41.5 Å². The summed E-state index contributed by atoms with van der Waals surface area (Å²) in [6, 6.07) is -0.287. The third-order valence-corrected chi connectivity index (χ3v) is 1.94. The molecule has 0 aliphatic heterocycles. The van der Waals surface area contributed by atoms with Crippen molar-refractivity contribution in [3.05, 3.63) is 0 Å². The Morgan fingerprint density at radius 2 is 2.00 bits per heavy atom. The van der Waals surface area contributed by atoms with Gasteiger partial charge in [-0.05, 0) is 27.2 Å². The van der Waals surface area contributed by atoms with Crippen LogP contribution in [0.4, 0.5) is 8.78 Å². The third kappa shape index (κ3) is 5.48. The molecule has 3 nitrogen and oxygen atoms in total. The monoisotopic (exact) mass is 333 g/mol. The molecular weight excluding hydrogens is 315 g/mol. The molecule has 0 aromatic heterocycles. The Labute approximate surface area is 106 Å². The highest BCUT2D eigenvalue weighted by Crippen LogP contribution is 2.38. The summed E-state index contributed by atoms with van der Waals surface area (Å²) in [4.78, 5) is 3.98. The highest BCUT2D eigenvalue weighted by atomic mass is 127. The highest BCUT2D eigenvalue weighted by Gasteiger charge is 2.44. The molecule has 1 saturated carbocycles. The van der Waals surface area contributed by atoms with Crippen LogP contribution in [0.3, 0.4) is 0 Å². The fourth-order valence-corrected chi connectivity index (χ4v) is 1.21. The summed E-state index contributed by atoms with van der Waals surface area (Å²) in [5, 5.41) is 2.93. The minimum absolute atomic E-state index is 0. The fourth-order valence-electron chi connectivity index (χ4n) is 1.21. The second-order valence-electron chi connectivity index (χ2n) is 4.69. The molecule has 1 fully saturated rings. The normalized spacial score (nSPS) is 26.1. The predicted molar refractivity (Wildman–Crippen MR) is 67.8 cm³/mol. The molecule has 0 bridgehead atoms. The molecule has 1 aliphatic carbocycles. The van der Waals surface area contributed by atoms with Crippen LogP contribution >= 0.6 is 24.0 Å². The molecule has 90 valence electrons. The molecule has 0 saturated heterocycles. The van der Waals surface area contributed by atoms with Gasteiger partial charge in [-0.2, -0.15) is 0 Å². The molecule has 0 unspecified atom stereocenters. The van der Waals surface area contributed by atoms with Crippen molar-refractivity contribution < 1.29 is 8.78 Å². The Kier molecular flexibility index (Phi) is 5.22. The number of hydrogen-bond donors (Lipinski definition) is 2. The van der Waals surface area contributed by atoms with Crippen molar-refractivity contribution in [1.29, 1.82) is 0 Å². The topological polar surface area (TPSA) is 50.4 Å². The van der Waals surface area contributed by atoms with Crippen LogP contribution in [0, 0.1) is 5.92 Å². The van der Waals surface area contributed by atoms with Crippen molar-refractivity contribution in [2.45, 2.75) is 45.2 Å². The first-order chi connectivity index (χ1) is 6.29. The van der Waals surface area contributed by atoms with Crippen LogP contribution in [-0.2, 0) is 0 Å². The van der Waals surface area contributed by atoms with Gasteiger partial charge in [-0.25, -0.2) is 13.8 Å². The highest BCUT2D eigenvalue weighted by molar-refractivity contribution is 14.0. The van der Waals surface area contributed by atoms with Gasteiger partial charge in [-0.3, -0.25) is 0 Å². The van der Waals surface area contributed by atoms with Crippen LogP contribution in [0.15, 0.2) is 4.99 Å². The summed E-state index contributed by atoms with van der Waals surface area (Å²) >= 11 is 0. The molecule has 0 spiro atoms. The van der Waals surface area contributed by atoms with E-state index in [1.165, 1.54) is 0 Å². The van der Waals surface area contributed by atoms with E-state index in [4.69, 9.17) is 5.73 Å². The van der Waals surface area contributed by atoms with Gasteiger partial charge in [0.05, 0.1) is 6.04 Å². The molecular formula is C9H18F2IN3. The average Bonchev–Trinajstić information content (AvgIpc) is 2.61. The maximum Gasteiger partial charge on any atom is 0.243 e. The number of rotatable bonds is 2. The van der Waals surface area contributed by atoms with Crippen molar-refractivity contribution in [3.63, 3.8) is 0 Å². The van der Waals surface area contributed by atoms with E-state index >= 15 is 0 Å². The zero-order valence-electron chi connectivity index (χ0n) is 9.13. The number of aliphatic imine (C=N–C) groups is 1. The summed E-state index contributed by atoms with van der Waals surface area (Å²) in [5.74, 6) is -0.332. The van der Waals surface area contributed by atoms with E-state index in [1.807, 2.05) is 20.8 Å². The average molecular weight is 333 g/mol. The summed E-state index contributed by atoms with van der Waals surface area (Å²) in [7, 11) is 0. The van der Waals surface area contributed by atoms with E-state index in [0.717, 1.165) is 0 Å². The first kappa shape index (κ1) is 14.9. The Balaban J connectivity index is 0.00000196. The number of hydrogen-bond acceptors (Lipinski definition) is 1. The lowest BCUT2D eigenvalue weighted by atomic mass is 10.1. The van der Waals surface area contributed by atoms with Gasteiger partial charge in [-0.15, -0.1) is 24.0 Å². The summed E-state index contributed by atoms with van der Waals surface area (Å²) < 4.78 is 24.3. The predicted octanol–water partition coefficient (Wildman–Crippen LogP) is 1.96. The second kappa shape index (κ2) is 5.27. The Hall–Kier alpha value is -0.140. The van der Waals surface area contributed by atoms with Gasteiger partial charge >= 0.3 is 0 Å². The fraction of sp³-hybridized carbons (Fsp3) is 0.889. The number of nitrogens with one attached hydrogen (secondary N) is 1. The Bertz CT molecular complexity index is 238. The molecule has 0 radical (unpaired) electrons. The van der Waals surface area contributed by atoms with Gasteiger partial charge in [0.2, 0.25) is 6.43 Å². The first-order valence-corrected chi connectivity index (χ1v) is 4.69. The second-order valence-corrected chi connectivity index (χ2v) is 4.69. The zero-order valence-corrected chi connectivity index (χ0v) is 11.5. The Morgan fingerprint density at radius 3 is 2.33 bits per heavy atom. The van der Waals surface area contributed by atoms with Crippen molar-refractivity contribution in [2.24, 2.45) is 16.6 Å². The van der Waals surface area contributed by atoms with Crippen molar-refractivity contribution >= 4 is 29.9 Å². The van der Waals surface area contributed by atoms with Gasteiger partial charge in [-0.1, -0.05) is 0 Å². The Morgan fingerprint density at radius 1 is 1.47 bits per heavy atom. The lowest BCUT2D eigenvalue weighted by molar-refractivity contribution is 0.121. The molecule has 1 rings (SSSR count). The molecule has 6 heteroatoms. The van der Waals surface area contributed by atoms with E-state index < -0.39 is 12.3 Å². The molecule has 0 heterocycles. The SMILES string of the molecule is CC(C)(C)NC(N)=N[C@H]1C[C@@H]1C(F)F.I. The number of nitrogens with two attached hydrogens (primary N) is 1. The molecule has 0 aromatic carbocycles. The van der Waals surface area contributed by atoms with Crippen LogP contribution in [0.2, 0.25) is 0 Å². The smallest absolute Gasteiger partial charge is 0.243 e. The number of guanidine groups is 1. The van der Waals surface area contributed by atoms with Gasteiger partial charge in [0.15, 0.2) is 5.96 Å². The molecule has 0 aromatic rings. The third-order valence-electron chi connectivity index (χ3n) is 1.94. The van der Waals surface area contributed by atoms with Crippen molar-refractivity contribution in [3.8, 4) is 0 Å². The first-order valence-electron chi connectivity index (χ1n) is 4.69. The lowest BCUT2D eigenvalue weighted by Gasteiger charge is -2.20. The maximum absolute atomic E-state index is 12.1. The van der Waals surface area contributed by atoms with Gasteiger partial charge in [0, 0.05) is 11.5 Å². The minimum Gasteiger partial charge on any atom is -0.370 e. The molecule has 15 heavy (non-hydrogen) atoms. The van der Waals surface area contributed by atoms with E-state index in [0.29, 0.717) is 6.42 Å².